The number of benzene rings is 2. The fourth-order valence-corrected chi connectivity index (χ4v) is 3.56. The number of nitrogens with zero attached hydrogens (tertiary/aromatic N) is 3. The normalized spacial score (nSPS) is 15.2. The van der Waals surface area contributed by atoms with Gasteiger partial charge in [0.05, 0.1) is 5.56 Å². The van der Waals surface area contributed by atoms with E-state index in [1.807, 2.05) is 53.4 Å². The number of fused-ring (bicyclic) bond motifs is 1. The van der Waals surface area contributed by atoms with E-state index in [9.17, 15) is 18.0 Å². The molecule has 0 aliphatic carbocycles. The average molecular weight is 411 g/mol. The Kier molecular flexibility index (Phi) is 5.44. The molecule has 0 N–H and O–H groups in total. The smallest absolute Gasteiger partial charge is 0.353 e. The van der Waals surface area contributed by atoms with Crippen LogP contribution in [-0.2, 0) is 11.0 Å². The molecule has 1 saturated heterocycles. The number of halogens is 3. The first-order chi connectivity index (χ1) is 14.4. The van der Waals surface area contributed by atoms with E-state index < -0.39 is 11.7 Å². The van der Waals surface area contributed by atoms with E-state index in [4.69, 9.17) is 0 Å². The van der Waals surface area contributed by atoms with Gasteiger partial charge in [-0.05, 0) is 34.5 Å². The second-order valence-corrected chi connectivity index (χ2v) is 7.12. The molecular weight excluding hydrogens is 391 g/mol. The Bertz CT molecular complexity index is 1060. The molecule has 1 aliphatic heterocycles. The number of rotatable bonds is 3. The number of alkyl halides is 3. The lowest BCUT2D eigenvalue weighted by Crippen LogP contribution is -2.48. The first-order valence-electron chi connectivity index (χ1n) is 9.65. The highest BCUT2D eigenvalue weighted by atomic mass is 19.4. The number of piperazine rings is 1. The lowest BCUT2D eigenvalue weighted by Gasteiger charge is -2.35. The third-order valence-corrected chi connectivity index (χ3v) is 5.22. The molecule has 0 bridgehead atoms. The Balaban J connectivity index is 1.38. The van der Waals surface area contributed by atoms with Gasteiger partial charge < -0.3 is 9.80 Å². The van der Waals surface area contributed by atoms with Crippen LogP contribution in [-0.4, -0.2) is 42.0 Å². The van der Waals surface area contributed by atoms with E-state index in [1.165, 1.54) is 6.07 Å². The molecule has 7 heteroatoms. The van der Waals surface area contributed by atoms with E-state index in [1.54, 1.807) is 11.0 Å². The van der Waals surface area contributed by atoms with Crippen molar-refractivity contribution in [3.8, 4) is 0 Å². The lowest BCUT2D eigenvalue weighted by atomic mass is 10.0. The molecule has 0 spiro atoms. The average Bonchev–Trinajstić information content (AvgIpc) is 2.77. The summed E-state index contributed by atoms with van der Waals surface area (Å²) < 4.78 is 38.0. The number of anilines is 1. The minimum Gasteiger partial charge on any atom is -0.353 e. The summed E-state index contributed by atoms with van der Waals surface area (Å²) in [7, 11) is 0. The molecule has 0 unspecified atom stereocenters. The van der Waals surface area contributed by atoms with Gasteiger partial charge in [0.25, 0.3) is 0 Å². The van der Waals surface area contributed by atoms with Crippen LogP contribution in [0.5, 0.6) is 0 Å². The summed E-state index contributed by atoms with van der Waals surface area (Å²) in [4.78, 5) is 20.1. The number of amides is 1. The van der Waals surface area contributed by atoms with Gasteiger partial charge >= 0.3 is 6.18 Å². The van der Waals surface area contributed by atoms with E-state index in [0.717, 1.165) is 28.6 Å². The Labute approximate surface area is 172 Å². The molecule has 1 fully saturated rings. The SMILES string of the molecule is O=C(/C=C/c1cccc2ccccc12)N1CCN(c2ccc(C(F)(F)F)cn2)CC1. The number of carbonyl (C=O) groups excluding carboxylic acids is 1. The van der Waals surface area contributed by atoms with Gasteiger partial charge in [-0.25, -0.2) is 4.98 Å². The second kappa shape index (κ2) is 8.18. The van der Waals surface area contributed by atoms with E-state index >= 15 is 0 Å². The summed E-state index contributed by atoms with van der Waals surface area (Å²) >= 11 is 0. The van der Waals surface area contributed by atoms with Crippen molar-refractivity contribution in [2.75, 3.05) is 31.1 Å². The van der Waals surface area contributed by atoms with Crippen molar-refractivity contribution in [1.82, 2.24) is 9.88 Å². The van der Waals surface area contributed by atoms with Gasteiger partial charge in [-0.15, -0.1) is 0 Å². The molecule has 0 radical (unpaired) electrons. The van der Waals surface area contributed by atoms with Crippen molar-refractivity contribution >= 4 is 28.6 Å². The van der Waals surface area contributed by atoms with Gasteiger partial charge in [0.1, 0.15) is 5.82 Å². The Morgan fingerprint density at radius 3 is 2.37 bits per heavy atom. The maximum atomic E-state index is 12.7. The third kappa shape index (κ3) is 4.30. The number of pyridine rings is 1. The maximum Gasteiger partial charge on any atom is 0.417 e. The molecule has 1 aliphatic rings. The highest BCUT2D eigenvalue weighted by molar-refractivity contribution is 5.96. The fourth-order valence-electron chi connectivity index (χ4n) is 3.56. The largest absolute Gasteiger partial charge is 0.417 e. The summed E-state index contributed by atoms with van der Waals surface area (Å²) in [6, 6.07) is 16.4. The van der Waals surface area contributed by atoms with Crippen molar-refractivity contribution in [1.29, 1.82) is 0 Å². The van der Waals surface area contributed by atoms with Crippen LogP contribution in [0.3, 0.4) is 0 Å². The highest BCUT2D eigenvalue weighted by Crippen LogP contribution is 2.29. The summed E-state index contributed by atoms with van der Waals surface area (Å²) in [5.41, 5.74) is 0.215. The van der Waals surface area contributed by atoms with Crippen LogP contribution in [0.25, 0.3) is 16.8 Å². The molecule has 3 aromatic rings. The zero-order chi connectivity index (χ0) is 21.1. The number of carbonyl (C=O) groups is 1. The van der Waals surface area contributed by atoms with Crippen LogP contribution in [0.2, 0.25) is 0 Å². The highest BCUT2D eigenvalue weighted by Gasteiger charge is 2.31. The zero-order valence-corrected chi connectivity index (χ0v) is 16.1. The van der Waals surface area contributed by atoms with Gasteiger partial charge in [0.15, 0.2) is 0 Å². The van der Waals surface area contributed by atoms with Gasteiger partial charge in [-0.3, -0.25) is 4.79 Å². The third-order valence-electron chi connectivity index (χ3n) is 5.22. The standard InChI is InChI=1S/C23H20F3N3O/c24-23(25,26)19-9-10-21(27-16-19)28-12-14-29(15-13-28)22(30)11-8-18-6-3-5-17-4-1-2-7-20(17)18/h1-11,16H,12-15H2/b11-8+. The van der Waals surface area contributed by atoms with Crippen molar-refractivity contribution in [3.63, 3.8) is 0 Å². The van der Waals surface area contributed by atoms with Crippen LogP contribution in [0.15, 0.2) is 66.9 Å². The lowest BCUT2D eigenvalue weighted by molar-refractivity contribution is -0.137. The molecule has 30 heavy (non-hydrogen) atoms. The maximum absolute atomic E-state index is 12.7. The fraction of sp³-hybridized carbons (Fsp3) is 0.217. The van der Waals surface area contributed by atoms with Crippen LogP contribution in [0, 0.1) is 0 Å². The van der Waals surface area contributed by atoms with Crippen LogP contribution < -0.4 is 4.90 Å². The van der Waals surface area contributed by atoms with E-state index in [2.05, 4.69) is 4.98 Å². The first-order valence-corrected chi connectivity index (χ1v) is 9.65. The van der Waals surface area contributed by atoms with Crippen molar-refractivity contribution in [2.45, 2.75) is 6.18 Å². The van der Waals surface area contributed by atoms with Gasteiger partial charge in [-0.1, -0.05) is 42.5 Å². The molecule has 2 heterocycles. The molecule has 1 aromatic heterocycles. The molecule has 4 nitrogen and oxygen atoms in total. The molecule has 4 rings (SSSR count). The van der Waals surface area contributed by atoms with Gasteiger partial charge in [-0.2, -0.15) is 13.2 Å². The Hall–Kier alpha value is -3.35. The molecular formula is C23H20F3N3O. The Morgan fingerprint density at radius 2 is 1.67 bits per heavy atom. The van der Waals surface area contributed by atoms with Crippen LogP contribution >= 0.6 is 0 Å². The molecule has 2 aromatic carbocycles. The molecule has 1 amide bonds. The molecule has 0 saturated carbocycles. The summed E-state index contributed by atoms with van der Waals surface area (Å²) in [5, 5.41) is 2.20. The minimum absolute atomic E-state index is 0.0806. The zero-order valence-electron chi connectivity index (χ0n) is 16.1. The quantitative estimate of drug-likeness (QED) is 0.591. The van der Waals surface area contributed by atoms with E-state index in [-0.39, 0.29) is 5.91 Å². The van der Waals surface area contributed by atoms with E-state index in [0.29, 0.717) is 32.0 Å². The van der Waals surface area contributed by atoms with Crippen LogP contribution in [0.4, 0.5) is 19.0 Å². The number of hydrogen-bond acceptors (Lipinski definition) is 3. The summed E-state index contributed by atoms with van der Waals surface area (Å²) in [6.07, 6.45) is -0.144. The first kappa shape index (κ1) is 19.9. The molecule has 154 valence electrons. The van der Waals surface area contributed by atoms with Crippen molar-refractivity contribution in [3.05, 3.63) is 78.0 Å². The molecule has 0 atom stereocenters. The van der Waals surface area contributed by atoms with Gasteiger partial charge in [0, 0.05) is 38.5 Å². The van der Waals surface area contributed by atoms with Crippen LogP contribution in [0.1, 0.15) is 11.1 Å². The topological polar surface area (TPSA) is 36.4 Å². The van der Waals surface area contributed by atoms with Crippen molar-refractivity contribution in [2.24, 2.45) is 0 Å². The van der Waals surface area contributed by atoms with Gasteiger partial charge in [0.2, 0.25) is 5.91 Å². The summed E-state index contributed by atoms with van der Waals surface area (Å²) in [5.74, 6) is 0.407. The second-order valence-electron chi connectivity index (χ2n) is 7.12. The van der Waals surface area contributed by atoms with Crippen molar-refractivity contribution < 1.29 is 18.0 Å². The number of hydrogen-bond donors (Lipinski definition) is 0. The minimum atomic E-state index is -4.40. The Morgan fingerprint density at radius 1 is 0.933 bits per heavy atom. The predicted octanol–water partition coefficient (Wildman–Crippen LogP) is 4.62. The number of aromatic nitrogens is 1. The predicted molar refractivity (Wildman–Crippen MR) is 111 cm³/mol. The monoisotopic (exact) mass is 411 g/mol. The summed E-state index contributed by atoms with van der Waals surface area (Å²) in [6.45, 7) is 2.02.